The lowest BCUT2D eigenvalue weighted by atomic mass is 10.3. The van der Waals surface area contributed by atoms with Gasteiger partial charge in [-0.15, -0.1) is 5.10 Å². The number of para-hydroxylation sites is 3. The molecule has 0 aliphatic heterocycles. The summed E-state index contributed by atoms with van der Waals surface area (Å²) in [5.41, 5.74) is 3.02. The molecular weight excluding hydrogens is 416 g/mol. The Labute approximate surface area is 184 Å². The summed E-state index contributed by atoms with van der Waals surface area (Å²) in [5, 5.41) is 13.1. The lowest BCUT2D eigenvalue weighted by molar-refractivity contribution is 0.245. The number of anilines is 2. The van der Waals surface area contributed by atoms with E-state index in [1.807, 2.05) is 83.4 Å². The minimum Gasteiger partial charge on any atom is -0.495 e. The largest absolute Gasteiger partial charge is 0.495 e. The van der Waals surface area contributed by atoms with Gasteiger partial charge in [0.2, 0.25) is 5.13 Å². The zero-order valence-corrected chi connectivity index (χ0v) is 18.4. The lowest BCUT2D eigenvalue weighted by Gasteiger charge is -2.15. The van der Waals surface area contributed by atoms with Crippen molar-refractivity contribution in [2.45, 2.75) is 13.2 Å². The van der Waals surface area contributed by atoms with Crippen LogP contribution in [0.4, 0.5) is 10.8 Å². The van der Waals surface area contributed by atoms with Crippen LogP contribution in [0.3, 0.4) is 0 Å². The molecule has 0 aliphatic carbocycles. The maximum Gasteiger partial charge on any atom is 0.209 e. The molecule has 0 saturated heterocycles. The number of nitrogens with zero attached hydrogens (tertiary/aromatic N) is 5. The van der Waals surface area contributed by atoms with Gasteiger partial charge in [-0.3, -0.25) is 4.90 Å². The molecule has 2 heterocycles. The van der Waals surface area contributed by atoms with Crippen LogP contribution >= 0.6 is 23.6 Å². The van der Waals surface area contributed by atoms with Gasteiger partial charge in [-0.05, 0) is 43.5 Å². The van der Waals surface area contributed by atoms with Crippen LogP contribution < -0.4 is 10.1 Å². The fourth-order valence-corrected chi connectivity index (χ4v) is 4.07. The fraction of sp³-hybridized carbons (Fsp3) is 0.190. The van der Waals surface area contributed by atoms with Crippen molar-refractivity contribution < 1.29 is 4.74 Å². The van der Waals surface area contributed by atoms with Crippen LogP contribution in [-0.2, 0) is 13.2 Å². The summed E-state index contributed by atoms with van der Waals surface area (Å²) >= 11 is 6.94. The molecule has 0 atom stereocenters. The molecule has 0 fully saturated rings. The standard InChI is InChI=1S/C21H22N6OS2/c1-25(13-16-12-22-26(14-16)17-8-4-3-5-9-17)15-27-21(29)30-20(24-27)23-18-10-6-7-11-19(18)28-2/h3-12,14H,13,15H2,1-2H3,(H,23,24). The topological polar surface area (TPSA) is 60.1 Å². The molecule has 2 aromatic carbocycles. The molecule has 0 bridgehead atoms. The van der Waals surface area contributed by atoms with Gasteiger partial charge in [-0.2, -0.15) is 5.10 Å². The van der Waals surface area contributed by atoms with Crippen LogP contribution in [0.1, 0.15) is 5.56 Å². The number of ether oxygens (including phenoxy) is 1. The van der Waals surface area contributed by atoms with Crippen molar-refractivity contribution in [3.63, 3.8) is 0 Å². The molecule has 0 aliphatic rings. The maximum atomic E-state index is 5.51. The van der Waals surface area contributed by atoms with E-state index in [1.54, 1.807) is 7.11 Å². The highest BCUT2D eigenvalue weighted by Crippen LogP contribution is 2.28. The Hall–Kier alpha value is -3.01. The van der Waals surface area contributed by atoms with E-state index in [4.69, 9.17) is 17.0 Å². The molecule has 4 aromatic rings. The third-order valence-corrected chi connectivity index (χ3v) is 5.66. The molecule has 0 unspecified atom stereocenters. The van der Waals surface area contributed by atoms with E-state index in [0.717, 1.165) is 34.4 Å². The number of rotatable bonds is 8. The number of hydrogen-bond donors (Lipinski definition) is 1. The van der Waals surface area contributed by atoms with E-state index in [0.29, 0.717) is 10.6 Å². The molecule has 4 rings (SSSR count). The molecule has 9 heteroatoms. The summed E-state index contributed by atoms with van der Waals surface area (Å²) in [6.07, 6.45) is 3.93. The van der Waals surface area contributed by atoms with E-state index in [1.165, 1.54) is 11.3 Å². The van der Waals surface area contributed by atoms with Gasteiger partial charge < -0.3 is 10.1 Å². The third kappa shape index (κ3) is 4.76. The first-order valence-electron chi connectivity index (χ1n) is 9.38. The van der Waals surface area contributed by atoms with E-state index in [9.17, 15) is 0 Å². The van der Waals surface area contributed by atoms with E-state index < -0.39 is 0 Å². The van der Waals surface area contributed by atoms with Crippen LogP contribution in [0.25, 0.3) is 5.69 Å². The molecule has 1 N–H and O–H groups in total. The van der Waals surface area contributed by atoms with Crippen LogP contribution in [-0.4, -0.2) is 38.6 Å². The number of nitrogens with one attached hydrogen (secondary N) is 1. The second kappa shape index (κ2) is 9.21. The van der Waals surface area contributed by atoms with Crippen LogP contribution in [0, 0.1) is 3.95 Å². The highest BCUT2D eigenvalue weighted by atomic mass is 32.1. The minimum absolute atomic E-state index is 0.583. The van der Waals surface area contributed by atoms with Crippen molar-refractivity contribution in [2.24, 2.45) is 0 Å². The highest BCUT2D eigenvalue weighted by molar-refractivity contribution is 7.73. The van der Waals surface area contributed by atoms with Crippen molar-refractivity contribution in [1.82, 2.24) is 24.5 Å². The predicted molar refractivity (Wildman–Crippen MR) is 122 cm³/mol. The third-order valence-electron chi connectivity index (χ3n) is 4.44. The van der Waals surface area contributed by atoms with Crippen LogP contribution in [0.5, 0.6) is 5.75 Å². The Morgan fingerprint density at radius 1 is 1.13 bits per heavy atom. The summed E-state index contributed by atoms with van der Waals surface area (Å²) in [6, 6.07) is 17.8. The molecule has 7 nitrogen and oxygen atoms in total. The van der Waals surface area contributed by atoms with Gasteiger partial charge in [-0.1, -0.05) is 41.7 Å². The lowest BCUT2D eigenvalue weighted by Crippen LogP contribution is -2.22. The second-order valence-corrected chi connectivity index (χ2v) is 8.40. The van der Waals surface area contributed by atoms with Gasteiger partial charge in [0.05, 0.1) is 31.4 Å². The molecule has 2 aromatic heterocycles. The van der Waals surface area contributed by atoms with E-state index in [-0.39, 0.29) is 0 Å². The van der Waals surface area contributed by atoms with Crippen molar-refractivity contribution in [3.05, 3.63) is 76.5 Å². The monoisotopic (exact) mass is 438 g/mol. The first kappa shape index (κ1) is 20.3. The van der Waals surface area contributed by atoms with Crippen LogP contribution in [0.2, 0.25) is 0 Å². The first-order valence-corrected chi connectivity index (χ1v) is 10.6. The number of hydrogen-bond acceptors (Lipinski definition) is 7. The van der Waals surface area contributed by atoms with Crippen molar-refractivity contribution >= 4 is 34.4 Å². The number of benzene rings is 2. The Bertz CT molecular complexity index is 1170. The minimum atomic E-state index is 0.583. The predicted octanol–water partition coefficient (Wildman–Crippen LogP) is 4.70. The van der Waals surface area contributed by atoms with E-state index >= 15 is 0 Å². The molecular formula is C21H22N6OS2. The van der Waals surface area contributed by atoms with Gasteiger partial charge >= 0.3 is 0 Å². The van der Waals surface area contributed by atoms with Gasteiger partial charge in [-0.25, -0.2) is 9.36 Å². The first-order chi connectivity index (χ1) is 14.6. The van der Waals surface area contributed by atoms with Crippen molar-refractivity contribution in [3.8, 4) is 11.4 Å². The van der Waals surface area contributed by atoms with Crippen molar-refractivity contribution in [2.75, 3.05) is 19.5 Å². The molecule has 0 radical (unpaired) electrons. The summed E-state index contributed by atoms with van der Waals surface area (Å²) in [6.45, 7) is 1.32. The average molecular weight is 439 g/mol. The Morgan fingerprint density at radius 2 is 1.90 bits per heavy atom. The summed E-state index contributed by atoms with van der Waals surface area (Å²) in [5.74, 6) is 0.762. The summed E-state index contributed by atoms with van der Waals surface area (Å²) in [7, 11) is 3.68. The molecule has 0 saturated carbocycles. The fourth-order valence-electron chi connectivity index (χ4n) is 3.06. The Kier molecular flexibility index (Phi) is 6.22. The SMILES string of the molecule is COc1ccccc1Nc1nn(CN(C)Cc2cnn(-c3ccccc3)c2)c(=S)s1. The highest BCUT2D eigenvalue weighted by Gasteiger charge is 2.10. The molecule has 0 spiro atoms. The summed E-state index contributed by atoms with van der Waals surface area (Å²) in [4.78, 5) is 2.15. The summed E-state index contributed by atoms with van der Waals surface area (Å²) < 4.78 is 9.79. The van der Waals surface area contributed by atoms with Gasteiger partial charge in [0.25, 0.3) is 0 Å². The quantitative estimate of drug-likeness (QED) is 0.402. The number of aromatic nitrogens is 4. The van der Waals surface area contributed by atoms with Crippen molar-refractivity contribution in [1.29, 1.82) is 0 Å². The normalized spacial score (nSPS) is 11.0. The van der Waals surface area contributed by atoms with E-state index in [2.05, 4.69) is 20.4 Å². The number of methoxy groups -OCH3 is 1. The maximum absolute atomic E-state index is 5.51. The van der Waals surface area contributed by atoms with Crippen LogP contribution in [0.15, 0.2) is 67.0 Å². The molecule has 154 valence electrons. The molecule has 0 amide bonds. The average Bonchev–Trinajstić information content (AvgIpc) is 3.35. The van der Waals surface area contributed by atoms with Gasteiger partial charge in [0.1, 0.15) is 5.75 Å². The Balaban J connectivity index is 1.41. The van der Waals surface area contributed by atoms with Gasteiger partial charge in [0.15, 0.2) is 3.95 Å². The zero-order valence-electron chi connectivity index (χ0n) is 16.7. The smallest absolute Gasteiger partial charge is 0.209 e. The Morgan fingerprint density at radius 3 is 2.70 bits per heavy atom. The molecule has 30 heavy (non-hydrogen) atoms. The zero-order chi connectivity index (χ0) is 20.9. The second-order valence-electron chi connectivity index (χ2n) is 6.78. The van der Waals surface area contributed by atoms with Gasteiger partial charge in [0, 0.05) is 18.3 Å².